The summed E-state index contributed by atoms with van der Waals surface area (Å²) >= 11 is 0. The molecular weight excluding hydrogens is 355 g/mol. The van der Waals surface area contributed by atoms with Crippen LogP contribution in [0.2, 0.25) is 0 Å². The lowest BCUT2D eigenvalue weighted by atomic mass is 9.84. The topological polar surface area (TPSA) is 58.0 Å². The van der Waals surface area contributed by atoms with Crippen LogP contribution in [0, 0.1) is 0 Å². The Morgan fingerprint density at radius 3 is 2.04 bits per heavy atom. The second-order valence-electron chi connectivity index (χ2n) is 8.67. The minimum Gasteiger partial charge on any atom is -0.507 e. The highest BCUT2D eigenvalue weighted by atomic mass is 19.4. The molecule has 148 valence electrons. The lowest BCUT2D eigenvalue weighted by Crippen LogP contribution is -2.35. The molecule has 1 aromatic heterocycles. The maximum absolute atomic E-state index is 12.7. The summed E-state index contributed by atoms with van der Waals surface area (Å²) in [4.78, 5) is 7.35. The Bertz CT molecular complexity index is 801. The number of nitrogens with one attached hydrogen (secondary N) is 1. The van der Waals surface area contributed by atoms with E-state index in [1.54, 1.807) is 6.07 Å². The molecule has 0 unspecified atom stereocenters. The smallest absolute Gasteiger partial charge is 0.434 e. The van der Waals surface area contributed by atoms with Crippen LogP contribution in [0.25, 0.3) is 11.3 Å². The van der Waals surface area contributed by atoms with E-state index < -0.39 is 11.9 Å². The third-order valence-electron chi connectivity index (χ3n) is 4.08. The Kier molecular flexibility index (Phi) is 5.57. The van der Waals surface area contributed by atoms with Crippen LogP contribution in [0.1, 0.15) is 58.4 Å². The first-order valence-corrected chi connectivity index (χ1v) is 8.69. The van der Waals surface area contributed by atoms with Gasteiger partial charge in [0.1, 0.15) is 5.75 Å². The third-order valence-corrected chi connectivity index (χ3v) is 4.08. The molecule has 4 nitrogen and oxygen atoms in total. The number of nitrogens with zero attached hydrogens (tertiary/aromatic N) is 2. The van der Waals surface area contributed by atoms with E-state index in [9.17, 15) is 18.3 Å². The van der Waals surface area contributed by atoms with Gasteiger partial charge in [0.2, 0.25) is 0 Å². The number of phenols is 1. The summed E-state index contributed by atoms with van der Waals surface area (Å²) < 4.78 is 38.2. The molecule has 1 heterocycles. The number of phenolic OH excluding ortho intramolecular Hbond substituents is 1. The monoisotopic (exact) mass is 381 g/mol. The van der Waals surface area contributed by atoms with Gasteiger partial charge in [-0.15, -0.1) is 0 Å². The molecule has 0 fully saturated rings. The summed E-state index contributed by atoms with van der Waals surface area (Å²) in [6.07, 6.45) is -2.82. The number of hydrogen-bond acceptors (Lipinski definition) is 4. The van der Waals surface area contributed by atoms with E-state index in [1.165, 1.54) is 0 Å². The quantitative estimate of drug-likeness (QED) is 0.781. The molecule has 2 N–H and O–H groups in total. The van der Waals surface area contributed by atoms with Crippen LogP contribution in [0.3, 0.4) is 0 Å². The van der Waals surface area contributed by atoms with Gasteiger partial charge in [0.15, 0.2) is 5.69 Å². The van der Waals surface area contributed by atoms with E-state index in [0.29, 0.717) is 23.9 Å². The normalized spacial score (nSPS) is 13.1. The fourth-order valence-electron chi connectivity index (χ4n) is 2.43. The average molecular weight is 381 g/mol. The lowest BCUT2D eigenvalue weighted by molar-refractivity contribution is -0.141. The van der Waals surface area contributed by atoms with E-state index >= 15 is 0 Å². The van der Waals surface area contributed by atoms with Crippen LogP contribution in [0.15, 0.2) is 24.5 Å². The number of rotatable bonds is 3. The van der Waals surface area contributed by atoms with Crippen LogP contribution < -0.4 is 5.32 Å². The first-order chi connectivity index (χ1) is 12.2. The summed E-state index contributed by atoms with van der Waals surface area (Å²) in [5, 5.41) is 14.0. The third kappa shape index (κ3) is 5.42. The van der Waals surface area contributed by atoms with Gasteiger partial charge in [0.25, 0.3) is 0 Å². The van der Waals surface area contributed by atoms with Crippen molar-refractivity contribution in [3.05, 3.63) is 41.3 Å². The molecule has 2 rings (SSSR count). The molecule has 0 bridgehead atoms. The molecule has 0 saturated heterocycles. The number of alkyl halides is 3. The number of aromatic nitrogens is 2. The van der Waals surface area contributed by atoms with E-state index in [1.807, 2.05) is 47.6 Å². The van der Waals surface area contributed by atoms with Crippen molar-refractivity contribution < 1.29 is 18.3 Å². The minimum absolute atomic E-state index is 0.00573. The summed E-state index contributed by atoms with van der Waals surface area (Å²) in [7, 11) is 0. The molecule has 0 aliphatic carbocycles. The van der Waals surface area contributed by atoms with E-state index in [0.717, 1.165) is 11.8 Å². The molecule has 0 aliphatic heterocycles. The standard InChI is InChI=1S/C20H26F3N3O/c1-18(2,3)13-7-12(9-26-19(4,5)6)17(27)14(8-13)15-10-25-16(11-24-15)20(21,22)23/h7-8,10-11,26-27H,9H2,1-6H3. The first kappa shape index (κ1) is 21.2. The van der Waals surface area contributed by atoms with Gasteiger partial charge in [-0.1, -0.05) is 26.8 Å². The van der Waals surface area contributed by atoms with E-state index in [4.69, 9.17) is 0 Å². The lowest BCUT2D eigenvalue weighted by Gasteiger charge is -2.25. The zero-order valence-electron chi connectivity index (χ0n) is 16.5. The van der Waals surface area contributed by atoms with Gasteiger partial charge in [-0.3, -0.25) is 4.98 Å². The number of halogens is 3. The molecule has 0 radical (unpaired) electrons. The predicted molar refractivity (Wildman–Crippen MR) is 99.4 cm³/mol. The van der Waals surface area contributed by atoms with Crippen molar-refractivity contribution in [3.63, 3.8) is 0 Å². The molecule has 0 amide bonds. The summed E-state index contributed by atoms with van der Waals surface area (Å²) in [5.41, 5.74) is 0.749. The van der Waals surface area contributed by atoms with Gasteiger partial charge in [-0.05, 0) is 37.8 Å². The Morgan fingerprint density at radius 2 is 1.59 bits per heavy atom. The van der Waals surface area contributed by atoms with Gasteiger partial charge in [0.05, 0.1) is 18.1 Å². The highest BCUT2D eigenvalue weighted by Gasteiger charge is 2.33. The fourth-order valence-corrected chi connectivity index (χ4v) is 2.43. The zero-order chi connectivity index (χ0) is 20.6. The van der Waals surface area contributed by atoms with Crippen molar-refractivity contribution in [2.45, 2.75) is 65.2 Å². The van der Waals surface area contributed by atoms with Crippen molar-refractivity contribution in [2.24, 2.45) is 0 Å². The van der Waals surface area contributed by atoms with Crippen molar-refractivity contribution in [1.29, 1.82) is 0 Å². The maximum atomic E-state index is 12.7. The van der Waals surface area contributed by atoms with Crippen LogP contribution in [-0.4, -0.2) is 20.6 Å². The maximum Gasteiger partial charge on any atom is 0.434 e. The van der Waals surface area contributed by atoms with Crippen molar-refractivity contribution in [2.75, 3.05) is 0 Å². The van der Waals surface area contributed by atoms with Crippen LogP contribution in [0.4, 0.5) is 13.2 Å². The molecule has 0 saturated carbocycles. The molecule has 2 aromatic rings. The van der Waals surface area contributed by atoms with Gasteiger partial charge < -0.3 is 10.4 Å². The predicted octanol–water partition coefficient (Wildman–Crippen LogP) is 5.05. The van der Waals surface area contributed by atoms with E-state index in [-0.39, 0.29) is 22.4 Å². The SMILES string of the molecule is CC(C)(C)NCc1cc(C(C)(C)C)cc(-c2cnc(C(F)(F)F)cn2)c1O. The van der Waals surface area contributed by atoms with Crippen LogP contribution >= 0.6 is 0 Å². The summed E-state index contributed by atoms with van der Waals surface area (Å²) in [6, 6.07) is 3.67. The Hall–Kier alpha value is -2.15. The minimum atomic E-state index is -4.55. The number of benzene rings is 1. The molecule has 7 heteroatoms. The van der Waals surface area contributed by atoms with Gasteiger partial charge in [-0.2, -0.15) is 13.2 Å². The summed E-state index contributed by atoms with van der Waals surface area (Å²) in [5.74, 6) is -0.00573. The number of hydrogen-bond donors (Lipinski definition) is 2. The molecule has 0 atom stereocenters. The highest BCUT2D eigenvalue weighted by molar-refractivity contribution is 5.70. The molecule has 1 aromatic carbocycles. The molecule has 0 spiro atoms. The summed E-state index contributed by atoms with van der Waals surface area (Å²) in [6.45, 7) is 12.5. The van der Waals surface area contributed by atoms with Crippen molar-refractivity contribution in [1.82, 2.24) is 15.3 Å². The zero-order valence-corrected chi connectivity index (χ0v) is 16.5. The second kappa shape index (κ2) is 7.11. The average Bonchev–Trinajstić information content (AvgIpc) is 2.51. The molecular formula is C20H26F3N3O. The van der Waals surface area contributed by atoms with Gasteiger partial charge in [-0.25, -0.2) is 4.98 Å². The van der Waals surface area contributed by atoms with Gasteiger partial charge in [0, 0.05) is 23.2 Å². The van der Waals surface area contributed by atoms with Gasteiger partial charge >= 0.3 is 6.18 Å². The van der Waals surface area contributed by atoms with Crippen LogP contribution in [-0.2, 0) is 18.1 Å². The van der Waals surface area contributed by atoms with Crippen molar-refractivity contribution >= 4 is 0 Å². The van der Waals surface area contributed by atoms with E-state index in [2.05, 4.69) is 15.3 Å². The van der Waals surface area contributed by atoms with Crippen molar-refractivity contribution in [3.8, 4) is 17.0 Å². The number of aromatic hydroxyl groups is 1. The van der Waals surface area contributed by atoms with Crippen LogP contribution in [0.5, 0.6) is 5.75 Å². The second-order valence-corrected chi connectivity index (χ2v) is 8.67. The molecule has 0 aliphatic rings. The first-order valence-electron chi connectivity index (χ1n) is 8.69. The fraction of sp³-hybridized carbons (Fsp3) is 0.500. The Balaban J connectivity index is 2.54. The molecule has 27 heavy (non-hydrogen) atoms. The Labute approximate surface area is 157 Å². The largest absolute Gasteiger partial charge is 0.507 e. The Morgan fingerprint density at radius 1 is 0.963 bits per heavy atom. The highest BCUT2D eigenvalue weighted by Crippen LogP contribution is 2.37.